The summed E-state index contributed by atoms with van der Waals surface area (Å²) in [5.41, 5.74) is 0. The zero-order valence-electron chi connectivity index (χ0n) is 19.5. The van der Waals surface area contributed by atoms with Crippen LogP contribution in [0, 0.1) is 0 Å². The first-order valence-electron chi connectivity index (χ1n) is 11.9. The van der Waals surface area contributed by atoms with Crippen molar-refractivity contribution in [2.45, 2.75) is 95.3 Å². The minimum Gasteiger partial charge on any atom is -0.481 e. The van der Waals surface area contributed by atoms with Gasteiger partial charge < -0.3 is 15.3 Å². The van der Waals surface area contributed by atoms with Crippen molar-refractivity contribution in [3.63, 3.8) is 0 Å². The highest BCUT2D eigenvalue weighted by Gasteiger charge is 2.17. The molecule has 5 nitrogen and oxygen atoms in total. The number of hydrogen-bond acceptors (Lipinski definition) is 4. The SMILES string of the molecule is CCCCC/C=C\C\C=C/C=C/C=C/[C@@H](SCCCCCC(=O)O)[C@@H](O)CCCC(=O)O. The minimum absolute atomic E-state index is 0.0606. The Balaban J connectivity index is 4.40. The molecule has 32 heavy (non-hydrogen) atoms. The van der Waals surface area contributed by atoms with Crippen LogP contribution in [-0.4, -0.2) is 44.4 Å². The molecule has 6 heteroatoms. The second kappa shape index (κ2) is 22.4. The molecule has 0 bridgehead atoms. The van der Waals surface area contributed by atoms with Crippen LogP contribution in [0.1, 0.15) is 84.0 Å². The Hall–Kier alpha value is -1.79. The maximum atomic E-state index is 10.7. The number of carbonyl (C=O) groups is 2. The smallest absolute Gasteiger partial charge is 0.303 e. The van der Waals surface area contributed by atoms with Crippen molar-refractivity contribution in [3.05, 3.63) is 48.6 Å². The average molecular weight is 467 g/mol. The molecule has 0 radical (unpaired) electrons. The fourth-order valence-corrected chi connectivity index (χ4v) is 4.16. The van der Waals surface area contributed by atoms with Gasteiger partial charge in [0.2, 0.25) is 0 Å². The topological polar surface area (TPSA) is 94.8 Å². The zero-order valence-corrected chi connectivity index (χ0v) is 20.3. The quantitative estimate of drug-likeness (QED) is 0.101. The van der Waals surface area contributed by atoms with E-state index in [-0.39, 0.29) is 18.1 Å². The minimum atomic E-state index is -0.846. The number of aliphatic carboxylic acids is 2. The van der Waals surface area contributed by atoms with Crippen LogP contribution in [0.15, 0.2) is 48.6 Å². The molecule has 0 spiro atoms. The fourth-order valence-electron chi connectivity index (χ4n) is 2.96. The van der Waals surface area contributed by atoms with E-state index in [4.69, 9.17) is 10.2 Å². The van der Waals surface area contributed by atoms with Crippen molar-refractivity contribution < 1.29 is 24.9 Å². The van der Waals surface area contributed by atoms with Gasteiger partial charge in [0.25, 0.3) is 0 Å². The summed E-state index contributed by atoms with van der Waals surface area (Å²) in [7, 11) is 0. The predicted molar refractivity (Wildman–Crippen MR) is 135 cm³/mol. The maximum absolute atomic E-state index is 10.7. The van der Waals surface area contributed by atoms with E-state index in [1.807, 2.05) is 30.4 Å². The highest BCUT2D eigenvalue weighted by molar-refractivity contribution is 8.00. The van der Waals surface area contributed by atoms with Crippen molar-refractivity contribution in [2.24, 2.45) is 0 Å². The molecule has 0 unspecified atom stereocenters. The molecule has 0 aliphatic rings. The Bertz CT molecular complexity index is 595. The largest absolute Gasteiger partial charge is 0.481 e. The Morgan fingerprint density at radius 3 is 2.25 bits per heavy atom. The Kier molecular flexibility index (Phi) is 21.2. The lowest BCUT2D eigenvalue weighted by Crippen LogP contribution is -2.22. The van der Waals surface area contributed by atoms with Crippen molar-refractivity contribution in [3.8, 4) is 0 Å². The van der Waals surface area contributed by atoms with E-state index in [2.05, 4.69) is 25.2 Å². The predicted octanol–water partition coefficient (Wildman–Crippen LogP) is 6.54. The monoisotopic (exact) mass is 466 g/mol. The molecule has 0 heterocycles. The maximum Gasteiger partial charge on any atom is 0.303 e. The molecular weight excluding hydrogens is 424 g/mol. The summed E-state index contributed by atoms with van der Waals surface area (Å²) in [6.07, 6.45) is 25.1. The van der Waals surface area contributed by atoms with Crippen LogP contribution in [0.5, 0.6) is 0 Å². The molecule has 0 fully saturated rings. The van der Waals surface area contributed by atoms with E-state index >= 15 is 0 Å². The van der Waals surface area contributed by atoms with Crippen LogP contribution in [-0.2, 0) is 9.59 Å². The number of aliphatic hydroxyl groups is 1. The number of thioether (sulfide) groups is 1. The summed E-state index contributed by atoms with van der Waals surface area (Å²) < 4.78 is 0. The highest BCUT2D eigenvalue weighted by Crippen LogP contribution is 2.22. The van der Waals surface area contributed by atoms with Crippen molar-refractivity contribution >= 4 is 23.7 Å². The molecule has 0 saturated heterocycles. The van der Waals surface area contributed by atoms with Gasteiger partial charge in [-0.05, 0) is 50.7 Å². The number of hydrogen-bond donors (Lipinski definition) is 3. The van der Waals surface area contributed by atoms with Crippen molar-refractivity contribution in [1.29, 1.82) is 0 Å². The average Bonchev–Trinajstić information content (AvgIpc) is 2.74. The Morgan fingerprint density at radius 1 is 0.812 bits per heavy atom. The third-order valence-electron chi connectivity index (χ3n) is 4.80. The first kappa shape index (κ1) is 30.2. The first-order chi connectivity index (χ1) is 15.5. The van der Waals surface area contributed by atoms with Gasteiger partial charge in [-0.15, -0.1) is 0 Å². The lowest BCUT2D eigenvalue weighted by Gasteiger charge is -2.19. The second-order valence-corrected chi connectivity index (χ2v) is 9.08. The van der Waals surface area contributed by atoms with Crippen LogP contribution >= 0.6 is 11.8 Å². The molecule has 182 valence electrons. The van der Waals surface area contributed by atoms with E-state index in [0.717, 1.165) is 31.4 Å². The molecule has 0 rings (SSSR count). The van der Waals surface area contributed by atoms with Gasteiger partial charge in [-0.25, -0.2) is 0 Å². The highest BCUT2D eigenvalue weighted by atomic mass is 32.2. The molecule has 2 atom stereocenters. The van der Waals surface area contributed by atoms with Crippen LogP contribution < -0.4 is 0 Å². The van der Waals surface area contributed by atoms with E-state index in [0.29, 0.717) is 19.3 Å². The van der Waals surface area contributed by atoms with Crippen molar-refractivity contribution in [1.82, 2.24) is 0 Å². The summed E-state index contributed by atoms with van der Waals surface area (Å²) in [4.78, 5) is 21.3. The third kappa shape index (κ3) is 21.4. The summed E-state index contributed by atoms with van der Waals surface area (Å²) in [6, 6.07) is 0. The van der Waals surface area contributed by atoms with E-state index in [1.165, 1.54) is 19.3 Å². The lowest BCUT2D eigenvalue weighted by molar-refractivity contribution is -0.138. The molecule has 0 amide bonds. The normalized spacial score (nSPS) is 14.2. The molecule has 0 aliphatic carbocycles. The molecule has 0 saturated carbocycles. The van der Waals surface area contributed by atoms with Crippen molar-refractivity contribution in [2.75, 3.05) is 5.75 Å². The number of carboxylic acid groups (broad SMARTS) is 2. The van der Waals surface area contributed by atoms with Gasteiger partial charge in [0.1, 0.15) is 0 Å². The lowest BCUT2D eigenvalue weighted by atomic mass is 10.1. The fraction of sp³-hybridized carbons (Fsp3) is 0.615. The van der Waals surface area contributed by atoms with Gasteiger partial charge in [-0.2, -0.15) is 11.8 Å². The molecule has 0 aromatic carbocycles. The van der Waals surface area contributed by atoms with Crippen LogP contribution in [0.2, 0.25) is 0 Å². The number of carboxylic acids is 2. The van der Waals surface area contributed by atoms with Gasteiger partial charge in [0, 0.05) is 18.1 Å². The Morgan fingerprint density at radius 2 is 1.53 bits per heavy atom. The second-order valence-electron chi connectivity index (χ2n) is 7.79. The van der Waals surface area contributed by atoms with E-state index in [9.17, 15) is 14.7 Å². The molecule has 3 N–H and O–H groups in total. The number of aliphatic hydroxyl groups excluding tert-OH is 1. The standard InChI is InChI=1S/C26H42O5S/c1-2-3-4-5-6-7-8-9-10-11-12-14-19-24(23(27)18-17-21-26(30)31)32-22-16-13-15-20-25(28)29/h6-7,9-12,14,19,23-24,27H,2-5,8,13,15-18,20-22H2,1H3,(H,28,29)(H,30,31)/b7-6-,10-9-,12-11+,19-14+/t23-,24+/m0/s1. The summed E-state index contributed by atoms with van der Waals surface area (Å²) in [5.74, 6) is -0.782. The number of unbranched alkanes of at least 4 members (excludes halogenated alkanes) is 5. The van der Waals surface area contributed by atoms with E-state index in [1.54, 1.807) is 11.8 Å². The van der Waals surface area contributed by atoms with Gasteiger partial charge in [0.05, 0.1) is 6.10 Å². The summed E-state index contributed by atoms with van der Waals surface area (Å²) in [5, 5.41) is 27.9. The zero-order chi connectivity index (χ0) is 23.9. The van der Waals surface area contributed by atoms with Gasteiger partial charge >= 0.3 is 11.9 Å². The van der Waals surface area contributed by atoms with Crippen LogP contribution in [0.3, 0.4) is 0 Å². The van der Waals surface area contributed by atoms with Gasteiger partial charge in [0.15, 0.2) is 0 Å². The van der Waals surface area contributed by atoms with E-state index < -0.39 is 18.0 Å². The summed E-state index contributed by atoms with van der Waals surface area (Å²) in [6.45, 7) is 2.21. The molecule has 0 aromatic heterocycles. The Labute approximate surface area is 198 Å². The van der Waals surface area contributed by atoms with Gasteiger partial charge in [-0.3, -0.25) is 9.59 Å². The molecule has 0 aromatic rings. The van der Waals surface area contributed by atoms with Crippen LogP contribution in [0.4, 0.5) is 0 Å². The third-order valence-corrected chi connectivity index (χ3v) is 6.18. The van der Waals surface area contributed by atoms with Gasteiger partial charge in [-0.1, -0.05) is 74.8 Å². The number of allylic oxidation sites excluding steroid dienone is 7. The first-order valence-corrected chi connectivity index (χ1v) is 12.9. The van der Waals surface area contributed by atoms with Crippen LogP contribution in [0.25, 0.3) is 0 Å². The molecule has 0 aliphatic heterocycles. The number of rotatable bonds is 21. The summed E-state index contributed by atoms with van der Waals surface area (Å²) >= 11 is 1.64. The molecular formula is C26H42O5S.